The van der Waals surface area contributed by atoms with Crippen LogP contribution in [-0.4, -0.2) is 63.1 Å². The van der Waals surface area contributed by atoms with E-state index in [0.29, 0.717) is 61.3 Å². The van der Waals surface area contributed by atoms with Gasteiger partial charge in [-0.1, -0.05) is 24.3 Å². The first-order valence-electron chi connectivity index (χ1n) is 13.6. The Morgan fingerprint density at radius 3 is 2.45 bits per heavy atom. The number of aryl methyl sites for hydroxylation is 1. The van der Waals surface area contributed by atoms with E-state index in [1.807, 2.05) is 30.3 Å². The number of hydrogen-bond acceptors (Lipinski definition) is 5. The lowest BCUT2D eigenvalue weighted by Gasteiger charge is -2.22. The first kappa shape index (κ1) is 29.9. The van der Waals surface area contributed by atoms with E-state index in [2.05, 4.69) is 27.9 Å². The van der Waals surface area contributed by atoms with Crippen molar-refractivity contribution in [1.82, 2.24) is 14.8 Å². The monoisotopic (exact) mass is 726 g/mol. The molecule has 1 aliphatic rings. The van der Waals surface area contributed by atoms with Crippen LogP contribution in [0, 0.1) is 9.39 Å². The highest BCUT2D eigenvalue weighted by molar-refractivity contribution is 14.1. The molecule has 0 spiro atoms. The SMILES string of the molecule is CNC(=O)c1c(-c2ccc(I)cc2)oc2cc(N(C)S(C)(=O)=O)c(C3=CCN(C(=O)c4cc5c(F)cccc5n4C)C3)cc12. The molecule has 2 aromatic heterocycles. The van der Waals surface area contributed by atoms with Crippen LogP contribution >= 0.6 is 22.6 Å². The number of anilines is 1. The average Bonchev–Trinajstić information content (AvgIpc) is 3.72. The van der Waals surface area contributed by atoms with Gasteiger partial charge in [0.1, 0.15) is 22.9 Å². The molecule has 2 amide bonds. The number of sulfonamides is 1. The molecule has 0 radical (unpaired) electrons. The van der Waals surface area contributed by atoms with Crippen LogP contribution in [0.25, 0.3) is 38.8 Å². The van der Waals surface area contributed by atoms with Crippen molar-refractivity contribution in [2.45, 2.75) is 0 Å². The van der Waals surface area contributed by atoms with Crippen LogP contribution in [0.15, 0.2) is 71.2 Å². The van der Waals surface area contributed by atoms with Crippen molar-refractivity contribution in [3.8, 4) is 11.3 Å². The Hall–Kier alpha value is -4.17. The van der Waals surface area contributed by atoms with Gasteiger partial charge in [-0.25, -0.2) is 12.8 Å². The summed E-state index contributed by atoms with van der Waals surface area (Å²) in [5.74, 6) is -0.687. The zero-order chi connectivity index (χ0) is 31.5. The van der Waals surface area contributed by atoms with Gasteiger partial charge in [0.15, 0.2) is 0 Å². The number of aromatic nitrogens is 1. The maximum atomic E-state index is 14.5. The normalized spacial score (nSPS) is 13.5. The Morgan fingerprint density at radius 2 is 1.80 bits per heavy atom. The molecule has 1 N–H and O–H groups in total. The van der Waals surface area contributed by atoms with Gasteiger partial charge in [0.2, 0.25) is 10.0 Å². The number of nitrogens with one attached hydrogen (secondary N) is 1. The molecule has 0 bridgehead atoms. The molecule has 3 heterocycles. The van der Waals surface area contributed by atoms with Crippen LogP contribution < -0.4 is 9.62 Å². The quantitative estimate of drug-likeness (QED) is 0.229. The Morgan fingerprint density at radius 1 is 1.07 bits per heavy atom. The van der Waals surface area contributed by atoms with Crippen molar-refractivity contribution in [2.75, 3.05) is 37.7 Å². The summed E-state index contributed by atoms with van der Waals surface area (Å²) in [7, 11) is 1.01. The molecular weight excluding hydrogens is 698 g/mol. The van der Waals surface area contributed by atoms with E-state index in [1.165, 1.54) is 20.2 Å². The van der Waals surface area contributed by atoms with Crippen molar-refractivity contribution in [3.63, 3.8) is 0 Å². The molecule has 9 nitrogen and oxygen atoms in total. The van der Waals surface area contributed by atoms with Crippen LogP contribution in [0.4, 0.5) is 10.1 Å². The van der Waals surface area contributed by atoms with Gasteiger partial charge in [0, 0.05) is 65.8 Å². The van der Waals surface area contributed by atoms with E-state index in [4.69, 9.17) is 4.42 Å². The van der Waals surface area contributed by atoms with Crippen LogP contribution in [0.2, 0.25) is 0 Å². The summed E-state index contributed by atoms with van der Waals surface area (Å²) in [5.41, 5.74) is 3.90. The molecule has 0 saturated heterocycles. The smallest absolute Gasteiger partial charge is 0.271 e. The summed E-state index contributed by atoms with van der Waals surface area (Å²) in [6, 6.07) is 17.2. The molecule has 1 aliphatic heterocycles. The van der Waals surface area contributed by atoms with Gasteiger partial charge in [-0.2, -0.15) is 0 Å². The maximum absolute atomic E-state index is 14.5. The number of furan rings is 1. The Labute approximate surface area is 267 Å². The van der Waals surface area contributed by atoms with Gasteiger partial charge >= 0.3 is 0 Å². The van der Waals surface area contributed by atoms with Gasteiger partial charge < -0.3 is 19.2 Å². The summed E-state index contributed by atoms with van der Waals surface area (Å²) in [6.45, 7) is 0.440. The zero-order valence-corrected chi connectivity index (χ0v) is 27.3. The van der Waals surface area contributed by atoms with Gasteiger partial charge in [0.05, 0.1) is 23.0 Å². The maximum Gasteiger partial charge on any atom is 0.271 e. The topological polar surface area (TPSA) is 105 Å². The third-order valence-electron chi connectivity index (χ3n) is 8.01. The number of nitrogens with zero attached hydrogens (tertiary/aromatic N) is 3. The number of hydrogen-bond donors (Lipinski definition) is 1. The number of rotatable bonds is 6. The second-order valence-corrected chi connectivity index (χ2v) is 13.9. The molecule has 44 heavy (non-hydrogen) atoms. The number of carbonyl (C=O) groups excluding carboxylic acids is 2. The van der Waals surface area contributed by atoms with Gasteiger partial charge in [0.25, 0.3) is 11.8 Å². The third kappa shape index (κ3) is 5.05. The molecule has 0 atom stereocenters. The van der Waals surface area contributed by atoms with E-state index in [0.717, 1.165) is 14.1 Å². The Balaban J connectivity index is 1.46. The highest BCUT2D eigenvalue weighted by Crippen LogP contribution is 2.41. The zero-order valence-electron chi connectivity index (χ0n) is 24.3. The number of amides is 2. The van der Waals surface area contributed by atoms with Crippen molar-refractivity contribution in [2.24, 2.45) is 7.05 Å². The van der Waals surface area contributed by atoms with Crippen LogP contribution in [0.5, 0.6) is 0 Å². The molecule has 6 rings (SSSR count). The molecular formula is C32H28FIN4O5S. The predicted octanol–water partition coefficient (Wildman–Crippen LogP) is 5.63. The van der Waals surface area contributed by atoms with Crippen molar-refractivity contribution >= 4 is 77.6 Å². The summed E-state index contributed by atoms with van der Waals surface area (Å²) in [5, 5.41) is 3.56. The molecule has 0 saturated carbocycles. The van der Waals surface area contributed by atoms with Gasteiger partial charge in [-0.15, -0.1) is 0 Å². The lowest BCUT2D eigenvalue weighted by molar-refractivity contribution is 0.0792. The number of benzene rings is 3. The third-order valence-corrected chi connectivity index (χ3v) is 9.92. The minimum absolute atomic E-state index is 0.177. The summed E-state index contributed by atoms with van der Waals surface area (Å²) < 4.78 is 50.0. The van der Waals surface area contributed by atoms with E-state index in [9.17, 15) is 22.4 Å². The number of carbonyl (C=O) groups is 2. The predicted molar refractivity (Wildman–Crippen MR) is 178 cm³/mol. The van der Waals surface area contributed by atoms with E-state index >= 15 is 0 Å². The lowest BCUT2D eigenvalue weighted by Crippen LogP contribution is -2.30. The first-order valence-corrected chi connectivity index (χ1v) is 16.6. The fraction of sp³-hybridized carbons (Fsp3) is 0.188. The van der Waals surface area contributed by atoms with Crippen LogP contribution in [-0.2, 0) is 17.1 Å². The second-order valence-electron chi connectivity index (χ2n) is 10.7. The Bertz CT molecular complexity index is 2130. The number of fused-ring (bicyclic) bond motifs is 2. The molecule has 0 unspecified atom stereocenters. The minimum atomic E-state index is -3.69. The highest BCUT2D eigenvalue weighted by Gasteiger charge is 2.30. The van der Waals surface area contributed by atoms with Crippen molar-refractivity contribution in [3.05, 3.63) is 92.9 Å². The molecule has 0 fully saturated rings. The average molecular weight is 727 g/mol. The fourth-order valence-electron chi connectivity index (χ4n) is 5.58. The van der Waals surface area contributed by atoms with Crippen molar-refractivity contribution < 1.29 is 26.8 Å². The summed E-state index contributed by atoms with van der Waals surface area (Å²) >= 11 is 2.20. The standard InChI is InChI=1S/C32H28FIN4O5S/c1-35-31(39)29-23-14-21(19-12-13-38(17-19)32(40)27-15-22-24(33)6-5-7-25(22)36(27)2)26(37(3)44(4,41)42)16-28(23)43-30(29)18-8-10-20(34)11-9-18/h5-12,14-16H,13,17H2,1-4H3,(H,35,39). The van der Waals surface area contributed by atoms with Crippen LogP contribution in [0.3, 0.4) is 0 Å². The largest absolute Gasteiger partial charge is 0.455 e. The molecule has 5 aromatic rings. The highest BCUT2D eigenvalue weighted by atomic mass is 127. The van der Waals surface area contributed by atoms with Crippen LogP contribution in [0.1, 0.15) is 26.4 Å². The minimum Gasteiger partial charge on any atom is -0.455 e. The van der Waals surface area contributed by atoms with Gasteiger partial charge in [-0.3, -0.25) is 13.9 Å². The lowest BCUT2D eigenvalue weighted by atomic mass is 9.98. The van der Waals surface area contributed by atoms with E-state index in [-0.39, 0.29) is 24.9 Å². The molecule has 0 aliphatic carbocycles. The molecule has 3 aromatic carbocycles. The first-order chi connectivity index (χ1) is 20.9. The van der Waals surface area contributed by atoms with E-state index in [1.54, 1.807) is 46.8 Å². The Kier molecular flexibility index (Phi) is 7.52. The van der Waals surface area contributed by atoms with Crippen molar-refractivity contribution in [1.29, 1.82) is 0 Å². The summed E-state index contributed by atoms with van der Waals surface area (Å²) in [6.07, 6.45) is 2.97. The second kappa shape index (κ2) is 11.1. The fourth-order valence-corrected chi connectivity index (χ4v) is 6.45. The van der Waals surface area contributed by atoms with Gasteiger partial charge in [-0.05, 0) is 64.6 Å². The number of halogens is 2. The molecule has 226 valence electrons. The summed E-state index contributed by atoms with van der Waals surface area (Å²) in [4.78, 5) is 28.5. The molecule has 12 heteroatoms. The van der Waals surface area contributed by atoms with E-state index < -0.39 is 15.8 Å².